The molecule has 1 aromatic heterocycles. The first-order valence-corrected chi connectivity index (χ1v) is 7.05. The quantitative estimate of drug-likeness (QED) is 0.801. The van der Waals surface area contributed by atoms with Crippen LogP contribution in [-0.4, -0.2) is 17.5 Å². The van der Waals surface area contributed by atoms with Crippen LogP contribution in [0.4, 0.5) is 0 Å². The van der Waals surface area contributed by atoms with Crippen LogP contribution < -0.4 is 5.32 Å². The second-order valence-corrected chi connectivity index (χ2v) is 6.10. The van der Waals surface area contributed by atoms with Crippen molar-refractivity contribution in [3.8, 4) is 0 Å². The van der Waals surface area contributed by atoms with Crippen molar-refractivity contribution in [1.82, 2.24) is 5.32 Å². The Morgan fingerprint density at radius 2 is 2.29 bits per heavy atom. The molecule has 1 heterocycles. The second kappa shape index (κ2) is 6.49. The number of hydrogen-bond acceptors (Lipinski definition) is 3. The van der Waals surface area contributed by atoms with Gasteiger partial charge in [0.05, 0.1) is 6.04 Å². The molecule has 0 aliphatic heterocycles. The van der Waals surface area contributed by atoms with Crippen LogP contribution in [0.3, 0.4) is 0 Å². The molecule has 14 heavy (non-hydrogen) atoms. The molecular formula is C11H19NS2. The van der Waals surface area contributed by atoms with Crippen LogP contribution in [0.2, 0.25) is 0 Å². The zero-order chi connectivity index (χ0) is 10.4. The average molecular weight is 229 g/mol. The molecule has 1 N–H and O–H groups in total. The maximum Gasteiger partial charge on any atom is 0.0506 e. The van der Waals surface area contributed by atoms with Gasteiger partial charge in [0, 0.05) is 10.6 Å². The molecule has 0 aromatic carbocycles. The van der Waals surface area contributed by atoms with E-state index in [1.54, 1.807) is 0 Å². The van der Waals surface area contributed by atoms with Gasteiger partial charge in [0.15, 0.2) is 0 Å². The minimum atomic E-state index is 0.535. The summed E-state index contributed by atoms with van der Waals surface area (Å²) < 4.78 is 0. The van der Waals surface area contributed by atoms with Crippen molar-refractivity contribution in [2.45, 2.75) is 32.1 Å². The van der Waals surface area contributed by atoms with Gasteiger partial charge < -0.3 is 5.32 Å². The maximum absolute atomic E-state index is 3.53. The van der Waals surface area contributed by atoms with E-state index in [0.717, 1.165) is 11.8 Å². The van der Waals surface area contributed by atoms with Gasteiger partial charge in [-0.25, -0.2) is 0 Å². The van der Waals surface area contributed by atoms with E-state index in [2.05, 4.69) is 43.6 Å². The fraction of sp³-hybridized carbons (Fsp3) is 0.636. The van der Waals surface area contributed by atoms with Crippen LogP contribution in [0.15, 0.2) is 17.5 Å². The Hall–Kier alpha value is 0.01000. The lowest BCUT2D eigenvalue weighted by Crippen LogP contribution is -2.22. The summed E-state index contributed by atoms with van der Waals surface area (Å²) in [6.07, 6.45) is 0. The van der Waals surface area contributed by atoms with Gasteiger partial charge in [0.2, 0.25) is 0 Å². The summed E-state index contributed by atoms with van der Waals surface area (Å²) in [5.74, 6) is 1.17. The highest BCUT2D eigenvalue weighted by atomic mass is 32.2. The number of hydrogen-bond donors (Lipinski definition) is 1. The van der Waals surface area contributed by atoms with E-state index in [1.165, 1.54) is 10.6 Å². The van der Waals surface area contributed by atoms with Gasteiger partial charge in [-0.3, -0.25) is 0 Å². The van der Waals surface area contributed by atoms with Crippen LogP contribution in [-0.2, 0) is 0 Å². The van der Waals surface area contributed by atoms with Crippen molar-refractivity contribution in [2.75, 3.05) is 12.3 Å². The fourth-order valence-corrected chi connectivity index (χ4v) is 3.05. The molecule has 0 fully saturated rings. The third-order valence-electron chi connectivity index (χ3n) is 1.93. The molecule has 1 rings (SSSR count). The molecule has 1 atom stereocenters. The van der Waals surface area contributed by atoms with Crippen molar-refractivity contribution in [2.24, 2.45) is 0 Å². The molecular weight excluding hydrogens is 210 g/mol. The molecule has 1 nitrogen and oxygen atoms in total. The highest BCUT2D eigenvalue weighted by molar-refractivity contribution is 7.99. The number of rotatable bonds is 6. The third kappa shape index (κ3) is 4.03. The minimum Gasteiger partial charge on any atom is -0.309 e. The van der Waals surface area contributed by atoms with Crippen molar-refractivity contribution >= 4 is 23.1 Å². The Balaban J connectivity index is 2.47. The zero-order valence-corrected chi connectivity index (χ0v) is 10.8. The van der Waals surface area contributed by atoms with Crippen LogP contribution in [0.1, 0.15) is 31.7 Å². The van der Waals surface area contributed by atoms with Crippen LogP contribution in [0.5, 0.6) is 0 Å². The van der Waals surface area contributed by atoms with Crippen molar-refractivity contribution in [1.29, 1.82) is 0 Å². The molecule has 1 aromatic rings. The van der Waals surface area contributed by atoms with Crippen LogP contribution in [0, 0.1) is 0 Å². The van der Waals surface area contributed by atoms with E-state index in [9.17, 15) is 0 Å². The van der Waals surface area contributed by atoms with E-state index >= 15 is 0 Å². The highest BCUT2D eigenvalue weighted by Gasteiger charge is 2.11. The molecule has 0 bridgehead atoms. The Morgan fingerprint density at radius 1 is 1.50 bits per heavy atom. The normalized spacial score (nSPS) is 13.4. The summed E-state index contributed by atoms with van der Waals surface area (Å²) in [6, 6.07) is 4.89. The first-order chi connectivity index (χ1) is 6.74. The SMILES string of the molecule is CCNC(CSC(C)C)c1cccs1. The predicted molar refractivity (Wildman–Crippen MR) is 68.3 cm³/mol. The maximum atomic E-state index is 3.53. The van der Waals surface area contributed by atoms with Gasteiger partial charge in [-0.15, -0.1) is 11.3 Å². The Morgan fingerprint density at radius 3 is 2.79 bits per heavy atom. The van der Waals surface area contributed by atoms with E-state index in [1.807, 2.05) is 23.1 Å². The molecule has 3 heteroatoms. The third-order valence-corrected chi connectivity index (χ3v) is 4.11. The molecule has 80 valence electrons. The largest absolute Gasteiger partial charge is 0.309 e. The minimum absolute atomic E-state index is 0.535. The van der Waals surface area contributed by atoms with Crippen molar-refractivity contribution < 1.29 is 0 Å². The van der Waals surface area contributed by atoms with E-state index in [0.29, 0.717) is 6.04 Å². The molecule has 0 saturated carbocycles. The second-order valence-electron chi connectivity index (χ2n) is 3.51. The summed E-state index contributed by atoms with van der Waals surface area (Å²) in [5.41, 5.74) is 0. The zero-order valence-electron chi connectivity index (χ0n) is 9.12. The van der Waals surface area contributed by atoms with Gasteiger partial charge in [-0.1, -0.05) is 26.8 Å². The van der Waals surface area contributed by atoms with Crippen LogP contribution in [0.25, 0.3) is 0 Å². The number of thiophene rings is 1. The highest BCUT2D eigenvalue weighted by Crippen LogP contribution is 2.24. The Bertz CT molecular complexity index is 231. The topological polar surface area (TPSA) is 12.0 Å². The Labute approximate surface area is 95.3 Å². The van der Waals surface area contributed by atoms with Gasteiger partial charge in [0.1, 0.15) is 0 Å². The molecule has 1 unspecified atom stereocenters. The summed E-state index contributed by atoms with van der Waals surface area (Å²) in [4.78, 5) is 1.46. The summed E-state index contributed by atoms with van der Waals surface area (Å²) in [7, 11) is 0. The monoisotopic (exact) mass is 229 g/mol. The van der Waals surface area contributed by atoms with Gasteiger partial charge in [-0.05, 0) is 23.2 Å². The van der Waals surface area contributed by atoms with Gasteiger partial charge in [-0.2, -0.15) is 11.8 Å². The predicted octanol–water partition coefficient (Wildman–Crippen LogP) is 3.54. The van der Waals surface area contributed by atoms with Crippen molar-refractivity contribution in [3.05, 3.63) is 22.4 Å². The van der Waals surface area contributed by atoms with Gasteiger partial charge >= 0.3 is 0 Å². The lowest BCUT2D eigenvalue weighted by molar-refractivity contribution is 0.614. The lowest BCUT2D eigenvalue weighted by Gasteiger charge is -2.17. The fourth-order valence-electron chi connectivity index (χ4n) is 1.27. The smallest absolute Gasteiger partial charge is 0.0506 e. The summed E-state index contributed by atoms with van der Waals surface area (Å²) >= 11 is 3.87. The molecule has 0 aliphatic carbocycles. The van der Waals surface area contributed by atoms with Crippen LogP contribution >= 0.6 is 23.1 Å². The first kappa shape index (κ1) is 12.1. The molecule has 0 spiro atoms. The van der Waals surface area contributed by atoms with Crippen molar-refractivity contribution in [3.63, 3.8) is 0 Å². The molecule has 0 amide bonds. The summed E-state index contributed by atoms with van der Waals surface area (Å²) in [6.45, 7) is 7.71. The van der Waals surface area contributed by atoms with Gasteiger partial charge in [0.25, 0.3) is 0 Å². The summed E-state index contributed by atoms with van der Waals surface area (Å²) in [5, 5.41) is 6.40. The number of nitrogens with one attached hydrogen (secondary N) is 1. The lowest BCUT2D eigenvalue weighted by atomic mass is 10.3. The number of thioether (sulfide) groups is 1. The Kier molecular flexibility index (Phi) is 5.60. The standard InChI is InChI=1S/C11H19NS2/c1-4-12-10(8-14-9(2)3)11-6-5-7-13-11/h5-7,9-10,12H,4,8H2,1-3H3. The molecule has 0 aliphatic rings. The molecule has 0 radical (unpaired) electrons. The molecule has 0 saturated heterocycles. The van der Waals surface area contributed by atoms with E-state index < -0.39 is 0 Å². The van der Waals surface area contributed by atoms with E-state index in [4.69, 9.17) is 0 Å². The van der Waals surface area contributed by atoms with E-state index in [-0.39, 0.29) is 0 Å². The average Bonchev–Trinajstić information content (AvgIpc) is 2.64. The first-order valence-electron chi connectivity index (χ1n) is 5.12.